The largest absolute Gasteiger partial charge is 0.454 e. The maximum absolute atomic E-state index is 12.3. The van der Waals surface area contributed by atoms with E-state index in [2.05, 4.69) is 5.32 Å². The van der Waals surface area contributed by atoms with Gasteiger partial charge in [-0.05, 0) is 67.4 Å². The molecule has 0 saturated carbocycles. The maximum Gasteiger partial charge on any atom is 0.338 e. The fourth-order valence-electron chi connectivity index (χ4n) is 2.80. The summed E-state index contributed by atoms with van der Waals surface area (Å²) in [6, 6.07) is 20.7. The first-order valence-corrected chi connectivity index (χ1v) is 9.18. The van der Waals surface area contributed by atoms with Crippen molar-refractivity contribution in [3.05, 3.63) is 101 Å². The zero-order chi connectivity index (χ0) is 20.8. The van der Waals surface area contributed by atoms with Crippen molar-refractivity contribution >= 4 is 23.3 Å². The molecule has 0 spiro atoms. The summed E-state index contributed by atoms with van der Waals surface area (Å²) in [5.74, 6) is -1.07. The number of benzene rings is 3. The molecular formula is C24H21NO4. The summed E-state index contributed by atoms with van der Waals surface area (Å²) < 4.78 is 5.17. The summed E-state index contributed by atoms with van der Waals surface area (Å²) in [5.41, 5.74) is 3.80. The second kappa shape index (κ2) is 8.97. The van der Waals surface area contributed by atoms with E-state index in [4.69, 9.17) is 4.74 Å². The van der Waals surface area contributed by atoms with Gasteiger partial charge in [-0.2, -0.15) is 0 Å². The Bertz CT molecular complexity index is 1040. The molecule has 0 heterocycles. The number of esters is 1. The number of Topliss-reactive ketones (excluding diaryl/α,β-unsaturated/α-hetero) is 1. The van der Waals surface area contributed by atoms with Gasteiger partial charge in [0.25, 0.3) is 5.91 Å². The van der Waals surface area contributed by atoms with E-state index in [-0.39, 0.29) is 18.3 Å². The second-order valence-corrected chi connectivity index (χ2v) is 6.64. The minimum Gasteiger partial charge on any atom is -0.454 e. The number of nitrogens with one attached hydrogen (secondary N) is 1. The Kier molecular flexibility index (Phi) is 6.19. The van der Waals surface area contributed by atoms with Crippen LogP contribution in [0.25, 0.3) is 0 Å². The standard InChI is InChI=1S/C24H21NO4/c1-16-7-6-10-21(17(16)2)24(28)29-15-22(26)18-11-13-20(14-12-18)25-23(27)19-8-4-3-5-9-19/h3-14H,15H2,1-2H3,(H,25,27). The minimum atomic E-state index is -0.522. The SMILES string of the molecule is Cc1cccc(C(=O)OCC(=O)c2ccc(NC(=O)c3ccccc3)cc2)c1C. The van der Waals surface area contributed by atoms with Crippen LogP contribution in [-0.2, 0) is 4.74 Å². The highest BCUT2D eigenvalue weighted by Crippen LogP contribution is 2.15. The van der Waals surface area contributed by atoms with Crippen molar-refractivity contribution in [3.8, 4) is 0 Å². The highest BCUT2D eigenvalue weighted by Gasteiger charge is 2.15. The molecule has 146 valence electrons. The molecule has 0 aliphatic carbocycles. The molecule has 5 nitrogen and oxygen atoms in total. The van der Waals surface area contributed by atoms with Crippen LogP contribution in [0.3, 0.4) is 0 Å². The van der Waals surface area contributed by atoms with E-state index in [1.165, 1.54) is 0 Å². The number of ether oxygens (including phenoxy) is 1. The van der Waals surface area contributed by atoms with Crippen molar-refractivity contribution in [2.24, 2.45) is 0 Å². The predicted molar refractivity (Wildman–Crippen MR) is 111 cm³/mol. The molecule has 0 unspecified atom stereocenters. The van der Waals surface area contributed by atoms with Crippen molar-refractivity contribution in [3.63, 3.8) is 0 Å². The Labute approximate surface area is 169 Å². The number of rotatable bonds is 6. The summed E-state index contributed by atoms with van der Waals surface area (Å²) in [6.07, 6.45) is 0. The molecule has 0 aliphatic rings. The minimum absolute atomic E-state index is 0.230. The topological polar surface area (TPSA) is 72.5 Å². The zero-order valence-corrected chi connectivity index (χ0v) is 16.3. The summed E-state index contributed by atoms with van der Waals surface area (Å²) >= 11 is 0. The van der Waals surface area contributed by atoms with Gasteiger partial charge in [0, 0.05) is 16.8 Å². The third kappa shape index (κ3) is 4.96. The molecule has 3 aromatic rings. The Morgan fingerprint density at radius 3 is 2.17 bits per heavy atom. The van der Waals surface area contributed by atoms with Crippen LogP contribution in [0, 0.1) is 13.8 Å². The van der Waals surface area contributed by atoms with E-state index in [1.54, 1.807) is 60.7 Å². The van der Waals surface area contributed by atoms with E-state index in [0.717, 1.165) is 11.1 Å². The van der Waals surface area contributed by atoms with Crippen LogP contribution >= 0.6 is 0 Å². The van der Waals surface area contributed by atoms with Gasteiger partial charge in [-0.15, -0.1) is 0 Å². The first kappa shape index (κ1) is 20.0. The predicted octanol–water partition coefficient (Wildman–Crippen LogP) is 4.60. The Morgan fingerprint density at radius 1 is 0.793 bits per heavy atom. The number of ketones is 1. The fraction of sp³-hybridized carbons (Fsp3) is 0.125. The van der Waals surface area contributed by atoms with Gasteiger partial charge in [-0.3, -0.25) is 9.59 Å². The quantitative estimate of drug-likeness (QED) is 0.496. The van der Waals surface area contributed by atoms with Crippen LogP contribution in [0.5, 0.6) is 0 Å². The molecule has 1 N–H and O–H groups in total. The van der Waals surface area contributed by atoms with Gasteiger partial charge in [-0.25, -0.2) is 4.79 Å². The van der Waals surface area contributed by atoms with Crippen molar-refractivity contribution in [1.82, 2.24) is 0 Å². The van der Waals surface area contributed by atoms with Crippen LogP contribution < -0.4 is 5.32 Å². The molecule has 29 heavy (non-hydrogen) atoms. The van der Waals surface area contributed by atoms with E-state index < -0.39 is 5.97 Å². The van der Waals surface area contributed by atoms with Gasteiger partial charge in [0.1, 0.15) is 0 Å². The molecule has 0 radical (unpaired) electrons. The number of amides is 1. The van der Waals surface area contributed by atoms with E-state index in [0.29, 0.717) is 22.4 Å². The third-order valence-corrected chi connectivity index (χ3v) is 4.66. The van der Waals surface area contributed by atoms with Gasteiger partial charge >= 0.3 is 5.97 Å². The van der Waals surface area contributed by atoms with Gasteiger partial charge in [-0.1, -0.05) is 30.3 Å². The molecule has 5 heteroatoms. The molecule has 0 atom stereocenters. The molecule has 1 amide bonds. The van der Waals surface area contributed by atoms with Crippen molar-refractivity contribution in [2.75, 3.05) is 11.9 Å². The lowest BCUT2D eigenvalue weighted by Crippen LogP contribution is -2.15. The van der Waals surface area contributed by atoms with Gasteiger partial charge in [0.05, 0.1) is 5.56 Å². The molecule has 0 aromatic heterocycles. The average molecular weight is 387 g/mol. The molecule has 0 aliphatic heterocycles. The van der Waals surface area contributed by atoms with Crippen molar-refractivity contribution < 1.29 is 19.1 Å². The first-order chi connectivity index (χ1) is 14.0. The second-order valence-electron chi connectivity index (χ2n) is 6.64. The number of carbonyl (C=O) groups excluding carboxylic acids is 3. The number of anilines is 1. The van der Waals surface area contributed by atoms with Crippen LogP contribution in [-0.4, -0.2) is 24.3 Å². The molecule has 0 fully saturated rings. The maximum atomic E-state index is 12.3. The van der Waals surface area contributed by atoms with Crippen LogP contribution in [0.15, 0.2) is 72.8 Å². The lowest BCUT2D eigenvalue weighted by molar-refractivity contribution is 0.0474. The summed E-state index contributed by atoms with van der Waals surface area (Å²) in [5, 5.41) is 2.77. The van der Waals surface area contributed by atoms with Gasteiger partial charge in [0.15, 0.2) is 12.4 Å². The van der Waals surface area contributed by atoms with E-state index in [9.17, 15) is 14.4 Å². The molecule has 0 bridgehead atoms. The Morgan fingerprint density at radius 2 is 1.48 bits per heavy atom. The van der Waals surface area contributed by atoms with E-state index in [1.807, 2.05) is 26.0 Å². The van der Waals surface area contributed by atoms with Crippen LogP contribution in [0.2, 0.25) is 0 Å². The smallest absolute Gasteiger partial charge is 0.338 e. The monoisotopic (exact) mass is 387 g/mol. The summed E-state index contributed by atoms with van der Waals surface area (Å²) in [4.78, 5) is 36.7. The van der Waals surface area contributed by atoms with Gasteiger partial charge < -0.3 is 10.1 Å². The van der Waals surface area contributed by atoms with Crippen molar-refractivity contribution in [2.45, 2.75) is 13.8 Å². The Hall–Kier alpha value is -3.73. The third-order valence-electron chi connectivity index (χ3n) is 4.66. The number of aryl methyl sites for hydroxylation is 1. The number of hydrogen-bond acceptors (Lipinski definition) is 4. The van der Waals surface area contributed by atoms with Crippen LogP contribution in [0.1, 0.15) is 42.2 Å². The zero-order valence-electron chi connectivity index (χ0n) is 16.3. The molecule has 3 rings (SSSR count). The van der Waals surface area contributed by atoms with Crippen molar-refractivity contribution in [1.29, 1.82) is 0 Å². The summed E-state index contributed by atoms with van der Waals surface area (Å²) in [6.45, 7) is 3.41. The highest BCUT2D eigenvalue weighted by molar-refractivity contribution is 6.05. The first-order valence-electron chi connectivity index (χ1n) is 9.18. The fourth-order valence-corrected chi connectivity index (χ4v) is 2.80. The molecule has 0 saturated heterocycles. The average Bonchev–Trinajstić information content (AvgIpc) is 2.75. The van der Waals surface area contributed by atoms with Crippen LogP contribution in [0.4, 0.5) is 5.69 Å². The lowest BCUT2D eigenvalue weighted by atomic mass is 10.0. The normalized spacial score (nSPS) is 10.3. The highest BCUT2D eigenvalue weighted by atomic mass is 16.5. The summed E-state index contributed by atoms with van der Waals surface area (Å²) in [7, 11) is 0. The molecule has 3 aromatic carbocycles. The Balaban J connectivity index is 1.58. The number of carbonyl (C=O) groups is 3. The van der Waals surface area contributed by atoms with Gasteiger partial charge in [0.2, 0.25) is 0 Å². The molecular weight excluding hydrogens is 366 g/mol. The van der Waals surface area contributed by atoms with E-state index >= 15 is 0 Å². The number of hydrogen-bond donors (Lipinski definition) is 1. The lowest BCUT2D eigenvalue weighted by Gasteiger charge is -2.09.